The lowest BCUT2D eigenvalue weighted by atomic mass is 10.4. The smallest absolute Gasteiger partial charge is 0.351 e. The zero-order valence-corrected chi connectivity index (χ0v) is 29.5. The van der Waals surface area contributed by atoms with Crippen LogP contribution >= 0.6 is 86.4 Å². The standard InChI is InChI=1S/2C12H13Br2NO4S/c2*1-18-12(17)10-9(8(13)11(14)20-10)19-6-7(16)15-4-2-3-5-15/h2*2-6H2,1H3. The van der Waals surface area contributed by atoms with Crippen LogP contribution < -0.4 is 9.47 Å². The van der Waals surface area contributed by atoms with Crippen molar-refractivity contribution in [2.45, 2.75) is 25.7 Å². The molecule has 0 bridgehead atoms. The Labute approximate surface area is 273 Å². The molecule has 10 nitrogen and oxygen atoms in total. The van der Waals surface area contributed by atoms with Crippen LogP contribution in [0.4, 0.5) is 0 Å². The summed E-state index contributed by atoms with van der Waals surface area (Å²) in [6.45, 7) is 2.96. The van der Waals surface area contributed by atoms with E-state index in [0.29, 0.717) is 30.2 Å². The summed E-state index contributed by atoms with van der Waals surface area (Å²) in [5.74, 6) is -0.391. The average molecular weight is 854 g/mol. The Kier molecular flexibility index (Phi) is 13.2. The summed E-state index contributed by atoms with van der Waals surface area (Å²) in [7, 11) is 2.62. The number of methoxy groups -OCH3 is 2. The molecule has 2 aromatic rings. The maximum atomic E-state index is 11.9. The van der Waals surface area contributed by atoms with Gasteiger partial charge in [0.2, 0.25) is 0 Å². The lowest BCUT2D eigenvalue weighted by molar-refractivity contribution is -0.133. The topological polar surface area (TPSA) is 112 Å². The predicted octanol–water partition coefficient (Wildman–Crippen LogP) is 6.12. The van der Waals surface area contributed by atoms with Crippen LogP contribution in [0.5, 0.6) is 11.5 Å². The number of carbonyl (C=O) groups excluding carboxylic acids is 4. The van der Waals surface area contributed by atoms with Crippen molar-refractivity contribution in [3.05, 3.63) is 26.3 Å². The van der Waals surface area contributed by atoms with E-state index in [0.717, 1.165) is 59.4 Å². The Bertz CT molecular complexity index is 1150. The molecule has 2 fully saturated rings. The van der Waals surface area contributed by atoms with E-state index in [2.05, 4.69) is 63.7 Å². The van der Waals surface area contributed by atoms with Gasteiger partial charge in [-0.25, -0.2) is 9.59 Å². The SMILES string of the molecule is COC(=O)c1sc(Br)c(Br)c1OCC(=O)N1CCCC1.COC(=O)c1sc(Br)c(Br)c1OCC(=O)N1CCCC1. The molecule has 220 valence electrons. The second kappa shape index (κ2) is 15.9. The van der Waals surface area contributed by atoms with E-state index < -0.39 is 11.9 Å². The van der Waals surface area contributed by atoms with Crippen molar-refractivity contribution in [3.63, 3.8) is 0 Å². The molecule has 2 amide bonds. The van der Waals surface area contributed by atoms with Gasteiger partial charge in [-0.3, -0.25) is 9.59 Å². The molecule has 0 spiro atoms. The molecule has 0 N–H and O–H groups in total. The first-order chi connectivity index (χ1) is 19.1. The van der Waals surface area contributed by atoms with Crippen molar-refractivity contribution in [1.29, 1.82) is 0 Å². The maximum Gasteiger partial charge on any atom is 0.351 e. The number of amides is 2. The number of likely N-dealkylation sites (tertiary alicyclic amines) is 2. The summed E-state index contributed by atoms with van der Waals surface area (Å²) in [6.07, 6.45) is 4.14. The minimum Gasteiger partial charge on any atom is -0.481 e. The number of esters is 2. The first-order valence-electron chi connectivity index (χ1n) is 12.0. The van der Waals surface area contributed by atoms with Crippen LogP contribution in [0.25, 0.3) is 0 Å². The van der Waals surface area contributed by atoms with Crippen LogP contribution in [0.1, 0.15) is 45.0 Å². The van der Waals surface area contributed by atoms with Gasteiger partial charge in [0.25, 0.3) is 11.8 Å². The van der Waals surface area contributed by atoms with Gasteiger partial charge in [-0.2, -0.15) is 0 Å². The number of rotatable bonds is 8. The molecule has 4 heterocycles. The average Bonchev–Trinajstić information content (AvgIpc) is 3.76. The van der Waals surface area contributed by atoms with Gasteiger partial charge in [-0.15, -0.1) is 22.7 Å². The van der Waals surface area contributed by atoms with Gasteiger partial charge in [-0.1, -0.05) is 0 Å². The molecule has 0 atom stereocenters. The van der Waals surface area contributed by atoms with Gasteiger partial charge in [0, 0.05) is 26.2 Å². The van der Waals surface area contributed by atoms with Crippen molar-refractivity contribution in [1.82, 2.24) is 9.80 Å². The Morgan fingerprint density at radius 2 is 0.975 bits per heavy atom. The second-order valence-electron chi connectivity index (χ2n) is 8.43. The molecule has 2 saturated heterocycles. The van der Waals surface area contributed by atoms with Gasteiger partial charge >= 0.3 is 11.9 Å². The molecule has 2 aliphatic heterocycles. The first-order valence-corrected chi connectivity index (χ1v) is 16.8. The van der Waals surface area contributed by atoms with Crippen LogP contribution in [0, 0.1) is 0 Å². The summed E-state index contributed by atoms with van der Waals surface area (Å²) < 4.78 is 23.2. The quantitative estimate of drug-likeness (QED) is 0.293. The van der Waals surface area contributed by atoms with Gasteiger partial charge in [0.15, 0.2) is 34.5 Å². The van der Waals surface area contributed by atoms with E-state index in [1.165, 1.54) is 36.9 Å². The van der Waals surface area contributed by atoms with E-state index in [4.69, 9.17) is 18.9 Å². The molecule has 0 radical (unpaired) electrons. The molecule has 0 saturated carbocycles. The minimum absolute atomic E-state index is 0.0625. The highest BCUT2D eigenvalue weighted by Crippen LogP contribution is 2.44. The fourth-order valence-electron chi connectivity index (χ4n) is 3.83. The van der Waals surface area contributed by atoms with Crippen LogP contribution in [0.15, 0.2) is 16.5 Å². The zero-order chi connectivity index (χ0) is 29.4. The molecule has 4 rings (SSSR count). The Hall–Kier alpha value is -1.20. The van der Waals surface area contributed by atoms with Crippen molar-refractivity contribution in [2.24, 2.45) is 0 Å². The highest BCUT2D eigenvalue weighted by molar-refractivity contribution is 9.14. The third-order valence-corrected chi connectivity index (χ3v) is 12.6. The predicted molar refractivity (Wildman–Crippen MR) is 165 cm³/mol. The molecule has 0 aromatic carbocycles. The molecule has 2 aliphatic rings. The molecule has 0 unspecified atom stereocenters. The number of hydrogen-bond donors (Lipinski definition) is 0. The molecular formula is C24H26Br4N2O8S2. The lowest BCUT2D eigenvalue weighted by Crippen LogP contribution is -2.32. The van der Waals surface area contributed by atoms with Crippen LogP contribution in [-0.4, -0.2) is 87.2 Å². The number of carbonyl (C=O) groups is 4. The number of thiophene rings is 2. The van der Waals surface area contributed by atoms with E-state index in [-0.39, 0.29) is 25.0 Å². The van der Waals surface area contributed by atoms with E-state index in [1.807, 2.05) is 0 Å². The largest absolute Gasteiger partial charge is 0.481 e. The number of halogens is 4. The summed E-state index contributed by atoms with van der Waals surface area (Å²) >= 11 is 15.7. The fourth-order valence-corrected chi connectivity index (χ4v) is 8.10. The second-order valence-corrected chi connectivity index (χ2v) is 14.7. The summed E-state index contributed by atoms with van der Waals surface area (Å²) in [4.78, 5) is 51.5. The fraction of sp³-hybridized carbons (Fsp3) is 0.500. The lowest BCUT2D eigenvalue weighted by Gasteiger charge is -2.15. The first kappa shape index (κ1) is 33.3. The van der Waals surface area contributed by atoms with Gasteiger partial charge in [-0.05, 0) is 89.4 Å². The highest BCUT2D eigenvalue weighted by Gasteiger charge is 2.26. The number of hydrogen-bond acceptors (Lipinski definition) is 10. The third-order valence-electron chi connectivity index (χ3n) is 5.88. The van der Waals surface area contributed by atoms with Gasteiger partial charge in [0.05, 0.1) is 30.7 Å². The third kappa shape index (κ3) is 8.43. The maximum absolute atomic E-state index is 11.9. The van der Waals surface area contributed by atoms with Gasteiger partial charge in [0.1, 0.15) is 0 Å². The van der Waals surface area contributed by atoms with Gasteiger partial charge < -0.3 is 28.7 Å². The van der Waals surface area contributed by atoms with Crippen molar-refractivity contribution < 1.29 is 38.1 Å². The highest BCUT2D eigenvalue weighted by atomic mass is 79.9. The molecular weight excluding hydrogens is 828 g/mol. The van der Waals surface area contributed by atoms with Crippen LogP contribution in [-0.2, 0) is 19.1 Å². The monoisotopic (exact) mass is 850 g/mol. The summed E-state index contributed by atoms with van der Waals surface area (Å²) in [5, 5.41) is 0. The summed E-state index contributed by atoms with van der Waals surface area (Å²) in [6, 6.07) is 0. The summed E-state index contributed by atoms with van der Waals surface area (Å²) in [5.41, 5.74) is 0. The molecule has 40 heavy (non-hydrogen) atoms. The van der Waals surface area contributed by atoms with Crippen molar-refractivity contribution >= 4 is 110 Å². The van der Waals surface area contributed by atoms with Crippen LogP contribution in [0.3, 0.4) is 0 Å². The van der Waals surface area contributed by atoms with Crippen LogP contribution in [0.2, 0.25) is 0 Å². The molecule has 0 aliphatic carbocycles. The Morgan fingerprint density at radius 1 is 0.650 bits per heavy atom. The Morgan fingerprint density at radius 3 is 1.27 bits per heavy atom. The molecule has 2 aromatic heterocycles. The molecule has 16 heteroatoms. The number of nitrogens with zero attached hydrogens (tertiary/aromatic N) is 2. The van der Waals surface area contributed by atoms with E-state index in [1.54, 1.807) is 9.80 Å². The van der Waals surface area contributed by atoms with E-state index >= 15 is 0 Å². The van der Waals surface area contributed by atoms with E-state index in [9.17, 15) is 19.2 Å². The normalized spacial score (nSPS) is 14.4. The Balaban J connectivity index is 0.000000220. The zero-order valence-electron chi connectivity index (χ0n) is 21.6. The van der Waals surface area contributed by atoms with Crippen molar-refractivity contribution in [3.8, 4) is 11.5 Å². The minimum atomic E-state index is -0.481. The number of ether oxygens (including phenoxy) is 4. The van der Waals surface area contributed by atoms with Crippen molar-refractivity contribution in [2.75, 3.05) is 53.6 Å².